The van der Waals surface area contributed by atoms with Gasteiger partial charge in [0.2, 0.25) is 0 Å². The topological polar surface area (TPSA) is 66.9 Å². The Labute approximate surface area is 74.9 Å². The smallest absolute Gasteiger partial charge is 0.258 e. The van der Waals surface area contributed by atoms with Gasteiger partial charge in [-0.1, -0.05) is 12.6 Å². The van der Waals surface area contributed by atoms with Gasteiger partial charge in [0, 0.05) is 6.07 Å². The second kappa shape index (κ2) is 3.50. The summed E-state index contributed by atoms with van der Waals surface area (Å²) in [5.41, 5.74) is 0.339. The second-order valence-corrected chi connectivity index (χ2v) is 2.28. The Balaban J connectivity index is 3.36. The van der Waals surface area contributed by atoms with Gasteiger partial charge in [-0.3, -0.25) is 10.1 Å². The van der Waals surface area contributed by atoms with Gasteiger partial charge < -0.3 is 0 Å². The summed E-state index contributed by atoms with van der Waals surface area (Å²) in [4.78, 5) is 9.86. The summed E-state index contributed by atoms with van der Waals surface area (Å²) >= 11 is 0. The van der Waals surface area contributed by atoms with Gasteiger partial charge in [0.25, 0.3) is 5.69 Å². The van der Waals surface area contributed by atoms with Gasteiger partial charge >= 0.3 is 0 Å². The molecule has 0 aliphatic heterocycles. The highest BCUT2D eigenvalue weighted by molar-refractivity contribution is 5.51. The first-order valence-corrected chi connectivity index (χ1v) is 3.40. The predicted molar refractivity (Wildman–Crippen MR) is 45.8 cm³/mol. The molecule has 0 unspecified atom stereocenters. The van der Waals surface area contributed by atoms with Crippen LogP contribution in [0.1, 0.15) is 11.1 Å². The van der Waals surface area contributed by atoms with E-state index in [9.17, 15) is 10.1 Å². The van der Waals surface area contributed by atoms with E-state index in [1.807, 2.05) is 0 Å². The van der Waals surface area contributed by atoms with Crippen molar-refractivity contribution in [1.29, 1.82) is 5.26 Å². The number of nitro groups is 1. The first-order chi connectivity index (χ1) is 6.19. The summed E-state index contributed by atoms with van der Waals surface area (Å²) < 4.78 is 0. The van der Waals surface area contributed by atoms with Crippen molar-refractivity contribution in [2.45, 2.75) is 0 Å². The summed E-state index contributed by atoms with van der Waals surface area (Å²) in [6, 6.07) is 5.94. The van der Waals surface area contributed by atoms with Gasteiger partial charge in [0.1, 0.15) is 11.6 Å². The van der Waals surface area contributed by atoms with Gasteiger partial charge in [-0.2, -0.15) is 5.26 Å². The molecule has 63 valence electrons. The van der Waals surface area contributed by atoms with Crippen LogP contribution in [0.15, 0.2) is 24.8 Å². The average Bonchev–Trinajstić information content (AvgIpc) is 2.16. The van der Waals surface area contributed by atoms with E-state index in [4.69, 9.17) is 5.26 Å². The minimum absolute atomic E-state index is 0.0454. The molecule has 0 saturated carbocycles. The number of rotatable bonds is 2. The van der Waals surface area contributed by atoms with Crippen molar-refractivity contribution < 1.29 is 4.92 Å². The number of hydrogen-bond acceptors (Lipinski definition) is 3. The third-order valence-corrected chi connectivity index (χ3v) is 1.52. The molecule has 0 aromatic heterocycles. The second-order valence-electron chi connectivity index (χ2n) is 2.28. The van der Waals surface area contributed by atoms with E-state index in [1.54, 1.807) is 12.1 Å². The molecule has 0 aliphatic rings. The van der Waals surface area contributed by atoms with Crippen LogP contribution in [0.5, 0.6) is 0 Å². The van der Waals surface area contributed by atoms with Gasteiger partial charge in [-0.25, -0.2) is 0 Å². The lowest BCUT2D eigenvalue weighted by molar-refractivity contribution is -0.385. The average molecular weight is 173 g/mol. The summed E-state index contributed by atoms with van der Waals surface area (Å²) in [5.74, 6) is 0. The standard InChI is InChI=1S/C9H5N2O2/c1-2-7-3-4-8(6-10)9(5-7)11(12)13/h3-5H,1H2. The van der Waals surface area contributed by atoms with E-state index in [0.717, 1.165) is 0 Å². The van der Waals surface area contributed by atoms with Crippen molar-refractivity contribution in [3.05, 3.63) is 52.1 Å². The largest absolute Gasteiger partial charge is 0.287 e. The van der Waals surface area contributed by atoms with Crippen LogP contribution in [0.3, 0.4) is 0 Å². The van der Waals surface area contributed by atoms with Crippen LogP contribution in [0.4, 0.5) is 5.69 Å². The maximum Gasteiger partial charge on any atom is 0.287 e. The lowest BCUT2D eigenvalue weighted by atomic mass is 10.1. The van der Waals surface area contributed by atoms with E-state index in [-0.39, 0.29) is 11.3 Å². The molecule has 0 saturated heterocycles. The molecule has 0 heterocycles. The van der Waals surface area contributed by atoms with Gasteiger partial charge in [0.05, 0.1) is 4.92 Å². The summed E-state index contributed by atoms with van der Waals surface area (Å²) in [5, 5.41) is 19.0. The van der Waals surface area contributed by atoms with Crippen molar-refractivity contribution in [3.63, 3.8) is 0 Å². The van der Waals surface area contributed by atoms with Crippen LogP contribution in [0, 0.1) is 27.5 Å². The molecule has 1 rings (SSSR count). The lowest BCUT2D eigenvalue weighted by Crippen LogP contribution is -1.92. The highest BCUT2D eigenvalue weighted by atomic mass is 16.6. The SMILES string of the molecule is C=[C]c1ccc(C#N)c([N+](=O)[O-])c1. The normalized spacial score (nSPS) is 8.85. The zero-order chi connectivity index (χ0) is 9.84. The first-order valence-electron chi connectivity index (χ1n) is 3.40. The van der Waals surface area contributed by atoms with Crippen LogP contribution >= 0.6 is 0 Å². The summed E-state index contributed by atoms with van der Waals surface area (Å²) in [6.07, 6.45) is 2.51. The van der Waals surface area contributed by atoms with E-state index in [0.29, 0.717) is 5.56 Å². The fourth-order valence-corrected chi connectivity index (χ4v) is 0.887. The van der Waals surface area contributed by atoms with E-state index < -0.39 is 4.92 Å². The molecule has 0 atom stereocenters. The molecule has 1 radical (unpaired) electrons. The van der Waals surface area contributed by atoms with Crippen molar-refractivity contribution in [1.82, 2.24) is 0 Å². The van der Waals surface area contributed by atoms with Crippen molar-refractivity contribution >= 4 is 5.69 Å². The first kappa shape index (κ1) is 8.94. The van der Waals surface area contributed by atoms with Gasteiger partial charge in [-0.05, 0) is 17.7 Å². The van der Waals surface area contributed by atoms with Gasteiger partial charge in [-0.15, -0.1) is 0 Å². The van der Waals surface area contributed by atoms with Crippen LogP contribution in [0.2, 0.25) is 0 Å². The zero-order valence-electron chi connectivity index (χ0n) is 6.65. The van der Waals surface area contributed by atoms with Crippen LogP contribution < -0.4 is 0 Å². The molecule has 4 heteroatoms. The third kappa shape index (κ3) is 1.71. The molecule has 0 N–H and O–H groups in total. The summed E-state index contributed by atoms with van der Waals surface area (Å²) in [7, 11) is 0. The minimum Gasteiger partial charge on any atom is -0.258 e. The van der Waals surface area contributed by atoms with E-state index in [2.05, 4.69) is 12.7 Å². The molecular weight excluding hydrogens is 168 g/mol. The van der Waals surface area contributed by atoms with Gasteiger partial charge in [0.15, 0.2) is 0 Å². The predicted octanol–water partition coefficient (Wildman–Crippen LogP) is 1.80. The Kier molecular flexibility index (Phi) is 2.41. The Morgan fingerprint density at radius 1 is 1.54 bits per heavy atom. The molecule has 1 aromatic carbocycles. The van der Waals surface area contributed by atoms with Crippen molar-refractivity contribution in [2.75, 3.05) is 0 Å². The number of benzene rings is 1. The maximum absolute atomic E-state index is 10.5. The maximum atomic E-state index is 10.5. The highest BCUT2D eigenvalue weighted by Crippen LogP contribution is 2.19. The zero-order valence-corrected chi connectivity index (χ0v) is 6.65. The molecule has 0 spiro atoms. The Bertz CT molecular complexity index is 405. The molecule has 0 fully saturated rings. The number of nitriles is 1. The molecule has 0 bridgehead atoms. The highest BCUT2D eigenvalue weighted by Gasteiger charge is 2.12. The van der Waals surface area contributed by atoms with E-state index >= 15 is 0 Å². The molecule has 1 aromatic rings. The molecule has 4 nitrogen and oxygen atoms in total. The Hall–Kier alpha value is -2.15. The number of nitrogens with zero attached hydrogens (tertiary/aromatic N) is 2. The van der Waals surface area contributed by atoms with Crippen molar-refractivity contribution in [3.8, 4) is 6.07 Å². The molecular formula is C9H5N2O2. The Morgan fingerprint density at radius 2 is 2.23 bits per heavy atom. The fraction of sp³-hybridized carbons (Fsp3) is 0. The fourth-order valence-electron chi connectivity index (χ4n) is 0.887. The quantitative estimate of drug-likeness (QED) is 0.505. The van der Waals surface area contributed by atoms with Crippen LogP contribution in [-0.4, -0.2) is 4.92 Å². The lowest BCUT2D eigenvalue weighted by Gasteiger charge is -1.95. The van der Waals surface area contributed by atoms with Crippen LogP contribution in [0.25, 0.3) is 0 Å². The van der Waals surface area contributed by atoms with Crippen LogP contribution in [-0.2, 0) is 0 Å². The molecule has 13 heavy (non-hydrogen) atoms. The number of hydrogen-bond donors (Lipinski definition) is 0. The molecule has 0 amide bonds. The minimum atomic E-state index is -0.598. The molecule has 0 aliphatic carbocycles. The Morgan fingerprint density at radius 3 is 2.69 bits per heavy atom. The third-order valence-electron chi connectivity index (χ3n) is 1.52. The van der Waals surface area contributed by atoms with Crippen molar-refractivity contribution in [2.24, 2.45) is 0 Å². The van der Waals surface area contributed by atoms with E-state index in [1.165, 1.54) is 12.1 Å². The number of nitro benzene ring substituents is 1. The summed E-state index contributed by atoms with van der Waals surface area (Å²) in [6.45, 7) is 3.36. The monoisotopic (exact) mass is 173 g/mol.